The van der Waals surface area contributed by atoms with Gasteiger partial charge in [-0.2, -0.15) is 4.31 Å². The molecule has 0 spiro atoms. The fraction of sp³-hybridized carbons (Fsp3) is 0.424. The van der Waals surface area contributed by atoms with Gasteiger partial charge < -0.3 is 15.3 Å². The van der Waals surface area contributed by atoms with Crippen LogP contribution in [-0.2, 0) is 21.2 Å². The summed E-state index contributed by atoms with van der Waals surface area (Å²) < 4.78 is 28.4. The maximum atomic E-state index is 13.5. The minimum atomic E-state index is -3.75. The Morgan fingerprint density at radius 1 is 0.902 bits per heavy atom. The van der Waals surface area contributed by atoms with Gasteiger partial charge in [0.2, 0.25) is 15.9 Å². The average molecular weight is 580 g/mol. The first-order valence-electron chi connectivity index (χ1n) is 14.5. The van der Waals surface area contributed by atoms with Gasteiger partial charge in [0.05, 0.1) is 18.0 Å². The van der Waals surface area contributed by atoms with Crippen LogP contribution in [0.2, 0.25) is 0 Å². The summed E-state index contributed by atoms with van der Waals surface area (Å²) in [6.45, 7) is 7.41. The summed E-state index contributed by atoms with van der Waals surface area (Å²) in [5.41, 5.74) is 3.22. The van der Waals surface area contributed by atoms with Gasteiger partial charge in [0.15, 0.2) is 0 Å². The molecule has 0 unspecified atom stereocenters. The lowest BCUT2D eigenvalue weighted by molar-refractivity contribution is -0.119. The standard InChI is InChI=1S/C33H45N3O4S/c1-27(2)24-36(41(39,40)32-19-17-28(3)18-20-32)31(26-37)16-10-11-22-34-33(38)25-35(30-14-8-5-9-15-30)23-21-29-12-6-4-7-13-29/h4-9,12-15,17-20,27,31,37H,10-11,16,21-26H2,1-3H3,(H,34,38)/t31-/m0/s1. The third-order valence-corrected chi connectivity index (χ3v) is 8.98. The van der Waals surface area contributed by atoms with Gasteiger partial charge in [-0.3, -0.25) is 4.79 Å². The average Bonchev–Trinajstić information content (AvgIpc) is 2.97. The highest BCUT2D eigenvalue weighted by molar-refractivity contribution is 7.89. The van der Waals surface area contributed by atoms with E-state index in [4.69, 9.17) is 0 Å². The Labute approximate surface area is 246 Å². The fourth-order valence-electron chi connectivity index (χ4n) is 4.78. The Hall–Kier alpha value is -3.20. The quantitative estimate of drug-likeness (QED) is 0.219. The molecule has 0 aliphatic heterocycles. The number of hydrogen-bond donors (Lipinski definition) is 2. The second kappa shape index (κ2) is 16.3. The van der Waals surface area contributed by atoms with Crippen LogP contribution >= 0.6 is 0 Å². The van der Waals surface area contributed by atoms with Gasteiger partial charge in [-0.1, -0.05) is 86.5 Å². The molecule has 8 heteroatoms. The van der Waals surface area contributed by atoms with Crippen LogP contribution in [0.4, 0.5) is 5.69 Å². The smallest absolute Gasteiger partial charge is 0.243 e. The number of para-hydroxylation sites is 1. The molecule has 0 aliphatic carbocycles. The first-order valence-corrected chi connectivity index (χ1v) is 15.9. The molecule has 2 N–H and O–H groups in total. The lowest BCUT2D eigenvalue weighted by Crippen LogP contribution is -2.44. The van der Waals surface area contributed by atoms with E-state index in [9.17, 15) is 18.3 Å². The zero-order valence-corrected chi connectivity index (χ0v) is 25.4. The van der Waals surface area contributed by atoms with E-state index < -0.39 is 16.1 Å². The number of aliphatic hydroxyl groups is 1. The van der Waals surface area contributed by atoms with Gasteiger partial charge in [-0.15, -0.1) is 0 Å². The fourth-order valence-corrected chi connectivity index (χ4v) is 6.59. The Morgan fingerprint density at radius 3 is 2.15 bits per heavy atom. The number of benzene rings is 3. The van der Waals surface area contributed by atoms with Crippen molar-refractivity contribution < 1.29 is 18.3 Å². The third-order valence-electron chi connectivity index (χ3n) is 7.05. The number of rotatable bonds is 17. The molecule has 3 aromatic carbocycles. The van der Waals surface area contributed by atoms with E-state index in [-0.39, 0.29) is 29.9 Å². The molecule has 222 valence electrons. The van der Waals surface area contributed by atoms with Crippen molar-refractivity contribution in [2.45, 2.75) is 57.4 Å². The number of unbranched alkanes of at least 4 members (excludes halogenated alkanes) is 1. The predicted molar refractivity (Wildman–Crippen MR) is 166 cm³/mol. The number of nitrogens with zero attached hydrogens (tertiary/aromatic N) is 2. The summed E-state index contributed by atoms with van der Waals surface area (Å²) in [4.78, 5) is 15.2. The molecule has 0 aromatic heterocycles. The predicted octanol–water partition coefficient (Wildman–Crippen LogP) is 5.04. The first kappa shape index (κ1) is 32.3. The summed E-state index contributed by atoms with van der Waals surface area (Å²) >= 11 is 0. The number of aliphatic hydroxyl groups excluding tert-OH is 1. The van der Waals surface area contributed by atoms with Crippen LogP contribution in [0.5, 0.6) is 0 Å². The molecule has 0 saturated carbocycles. The normalized spacial score (nSPS) is 12.4. The van der Waals surface area contributed by atoms with E-state index in [1.165, 1.54) is 9.87 Å². The van der Waals surface area contributed by atoms with Crippen molar-refractivity contribution >= 4 is 21.6 Å². The molecule has 0 radical (unpaired) electrons. The molecular formula is C33H45N3O4S. The third kappa shape index (κ3) is 10.3. The van der Waals surface area contributed by atoms with Gasteiger partial charge >= 0.3 is 0 Å². The number of nitrogens with one attached hydrogen (secondary N) is 1. The van der Waals surface area contributed by atoms with Crippen molar-refractivity contribution in [1.82, 2.24) is 9.62 Å². The second-order valence-corrected chi connectivity index (χ2v) is 12.8. The Bertz CT molecular complexity index is 1280. The Balaban J connectivity index is 1.52. The first-order chi connectivity index (χ1) is 19.7. The SMILES string of the molecule is Cc1ccc(S(=O)(=O)N(CC(C)C)[C@H](CO)CCCCNC(=O)CN(CCc2ccccc2)c2ccccc2)cc1. The van der Waals surface area contributed by atoms with Crippen LogP contribution in [0, 0.1) is 12.8 Å². The van der Waals surface area contributed by atoms with Gasteiger partial charge in [0.25, 0.3) is 0 Å². The van der Waals surface area contributed by atoms with Gasteiger partial charge in [-0.25, -0.2) is 8.42 Å². The van der Waals surface area contributed by atoms with E-state index >= 15 is 0 Å². The minimum absolute atomic E-state index is 0.0518. The molecule has 0 saturated heterocycles. The summed E-state index contributed by atoms with van der Waals surface area (Å²) in [5, 5.41) is 13.2. The highest BCUT2D eigenvalue weighted by atomic mass is 32.2. The summed E-state index contributed by atoms with van der Waals surface area (Å²) in [5.74, 6) is 0.0574. The second-order valence-electron chi connectivity index (χ2n) is 11.0. The van der Waals surface area contributed by atoms with E-state index in [2.05, 4.69) is 22.3 Å². The largest absolute Gasteiger partial charge is 0.395 e. The highest BCUT2D eigenvalue weighted by Crippen LogP contribution is 2.23. The van der Waals surface area contributed by atoms with Crippen LogP contribution < -0.4 is 10.2 Å². The van der Waals surface area contributed by atoms with Crippen LogP contribution in [0.1, 0.15) is 44.2 Å². The molecule has 0 fully saturated rings. The molecule has 0 aliphatic rings. The van der Waals surface area contributed by atoms with Crippen LogP contribution in [0.3, 0.4) is 0 Å². The van der Waals surface area contributed by atoms with Gasteiger partial charge in [0, 0.05) is 31.4 Å². The van der Waals surface area contributed by atoms with E-state index in [1.54, 1.807) is 24.3 Å². The van der Waals surface area contributed by atoms with Crippen molar-refractivity contribution in [3.8, 4) is 0 Å². The lowest BCUT2D eigenvalue weighted by atomic mass is 10.1. The summed E-state index contributed by atoms with van der Waals surface area (Å²) in [6.07, 6.45) is 2.72. The monoisotopic (exact) mass is 579 g/mol. The molecule has 3 aromatic rings. The van der Waals surface area contributed by atoms with Gasteiger partial charge in [-0.05, 0) is 61.9 Å². The molecule has 1 atom stereocenters. The number of amides is 1. The number of sulfonamides is 1. The van der Waals surface area contributed by atoms with Crippen molar-refractivity contribution in [3.63, 3.8) is 0 Å². The molecule has 3 rings (SSSR count). The van der Waals surface area contributed by atoms with E-state index in [1.807, 2.05) is 69.3 Å². The number of anilines is 1. The molecule has 41 heavy (non-hydrogen) atoms. The van der Waals surface area contributed by atoms with E-state index in [0.717, 1.165) is 24.2 Å². The Morgan fingerprint density at radius 2 is 1.54 bits per heavy atom. The van der Waals surface area contributed by atoms with Crippen molar-refractivity contribution in [3.05, 3.63) is 96.1 Å². The lowest BCUT2D eigenvalue weighted by Gasteiger charge is -2.31. The molecular weight excluding hydrogens is 534 g/mol. The highest BCUT2D eigenvalue weighted by Gasteiger charge is 2.31. The van der Waals surface area contributed by atoms with Crippen LogP contribution in [0.15, 0.2) is 89.8 Å². The summed E-state index contributed by atoms with van der Waals surface area (Å²) in [6, 6.07) is 26.5. The maximum Gasteiger partial charge on any atom is 0.243 e. The number of carbonyl (C=O) groups is 1. The zero-order valence-electron chi connectivity index (χ0n) is 24.6. The molecule has 0 heterocycles. The maximum absolute atomic E-state index is 13.5. The van der Waals surface area contributed by atoms with Gasteiger partial charge in [0.1, 0.15) is 0 Å². The van der Waals surface area contributed by atoms with Crippen LogP contribution in [0.25, 0.3) is 0 Å². The number of carbonyl (C=O) groups excluding carboxylic acids is 1. The molecule has 0 bridgehead atoms. The van der Waals surface area contributed by atoms with Crippen LogP contribution in [-0.4, -0.2) is 62.6 Å². The molecule has 1 amide bonds. The number of aryl methyl sites for hydroxylation is 1. The minimum Gasteiger partial charge on any atom is -0.395 e. The van der Waals surface area contributed by atoms with E-state index in [0.29, 0.717) is 32.4 Å². The zero-order chi connectivity index (χ0) is 29.7. The number of hydrogen-bond acceptors (Lipinski definition) is 5. The Kier molecular flexibility index (Phi) is 12.8. The summed E-state index contributed by atoms with van der Waals surface area (Å²) in [7, 11) is -3.75. The molecule has 7 nitrogen and oxygen atoms in total. The van der Waals surface area contributed by atoms with Crippen molar-refractivity contribution in [2.24, 2.45) is 5.92 Å². The topological polar surface area (TPSA) is 90.0 Å². The van der Waals surface area contributed by atoms with Crippen molar-refractivity contribution in [2.75, 3.05) is 37.7 Å². The van der Waals surface area contributed by atoms with Crippen molar-refractivity contribution in [1.29, 1.82) is 0 Å².